The van der Waals surface area contributed by atoms with Crippen LogP contribution in [0.2, 0.25) is 0 Å². The highest BCUT2D eigenvalue weighted by molar-refractivity contribution is 5.96. The second-order valence-electron chi connectivity index (χ2n) is 6.86. The molecule has 0 saturated carbocycles. The van der Waals surface area contributed by atoms with Gasteiger partial charge in [0.1, 0.15) is 11.7 Å². The number of fused-ring (bicyclic) bond motifs is 1. The van der Waals surface area contributed by atoms with Gasteiger partial charge in [0.05, 0.1) is 17.3 Å². The Labute approximate surface area is 163 Å². The second kappa shape index (κ2) is 7.33. The number of alkyl halides is 4. The average molecular weight is 404 g/mol. The summed E-state index contributed by atoms with van der Waals surface area (Å²) in [6, 6.07) is 6.32. The van der Waals surface area contributed by atoms with Crippen molar-refractivity contribution in [1.82, 2.24) is 20.3 Å². The van der Waals surface area contributed by atoms with Crippen LogP contribution in [0.3, 0.4) is 0 Å². The van der Waals surface area contributed by atoms with Crippen molar-refractivity contribution in [3.8, 4) is 17.3 Å². The molecule has 1 saturated heterocycles. The number of rotatable bonds is 3. The van der Waals surface area contributed by atoms with Crippen LogP contribution in [0.25, 0.3) is 22.2 Å². The van der Waals surface area contributed by atoms with E-state index in [1.165, 1.54) is 12.3 Å². The maximum absolute atomic E-state index is 13.6. The number of aromatic nitrogens is 3. The first-order valence-electron chi connectivity index (χ1n) is 8.92. The Morgan fingerprint density at radius 1 is 1.24 bits per heavy atom. The SMILES string of the molecule is N#Cc1ccc2c(-c3nc(N[C@@H]4CNC[C@@H](F)C4)ncc3C(F)(F)F)c[nH]c2c1. The van der Waals surface area contributed by atoms with E-state index in [0.717, 1.165) is 6.20 Å². The summed E-state index contributed by atoms with van der Waals surface area (Å²) in [6.07, 6.45) is -3.32. The Morgan fingerprint density at radius 3 is 2.79 bits per heavy atom. The number of nitriles is 1. The number of anilines is 1. The summed E-state index contributed by atoms with van der Waals surface area (Å²) in [5.41, 5.74) is -0.105. The fraction of sp³-hybridized carbons (Fsp3) is 0.316. The molecule has 6 nitrogen and oxygen atoms in total. The monoisotopic (exact) mass is 404 g/mol. The highest BCUT2D eigenvalue weighted by Crippen LogP contribution is 2.38. The Kier molecular flexibility index (Phi) is 4.84. The zero-order valence-corrected chi connectivity index (χ0v) is 15.0. The van der Waals surface area contributed by atoms with Gasteiger partial charge in [-0.1, -0.05) is 6.07 Å². The highest BCUT2D eigenvalue weighted by Gasteiger charge is 2.36. The van der Waals surface area contributed by atoms with E-state index >= 15 is 0 Å². The molecule has 1 fully saturated rings. The van der Waals surface area contributed by atoms with E-state index in [9.17, 15) is 17.6 Å². The molecule has 1 aliphatic rings. The summed E-state index contributed by atoms with van der Waals surface area (Å²) in [5, 5.41) is 15.3. The topological polar surface area (TPSA) is 89.4 Å². The van der Waals surface area contributed by atoms with Crippen LogP contribution < -0.4 is 10.6 Å². The van der Waals surface area contributed by atoms with Crippen molar-refractivity contribution in [2.45, 2.75) is 24.8 Å². The molecule has 0 spiro atoms. The van der Waals surface area contributed by atoms with Gasteiger partial charge in [0.2, 0.25) is 5.95 Å². The van der Waals surface area contributed by atoms with Crippen LogP contribution in [0.15, 0.2) is 30.6 Å². The fourth-order valence-electron chi connectivity index (χ4n) is 3.44. The number of nitrogens with zero attached hydrogens (tertiary/aromatic N) is 3. The van der Waals surface area contributed by atoms with E-state index in [1.807, 2.05) is 6.07 Å². The third kappa shape index (κ3) is 3.86. The van der Waals surface area contributed by atoms with Gasteiger partial charge in [-0.25, -0.2) is 14.4 Å². The van der Waals surface area contributed by atoms with Crippen LogP contribution in [-0.2, 0) is 6.18 Å². The van der Waals surface area contributed by atoms with Crippen molar-refractivity contribution in [2.24, 2.45) is 0 Å². The van der Waals surface area contributed by atoms with Crippen LogP contribution in [0, 0.1) is 11.3 Å². The van der Waals surface area contributed by atoms with Crippen molar-refractivity contribution in [2.75, 3.05) is 18.4 Å². The molecular weight excluding hydrogens is 388 g/mol. The highest BCUT2D eigenvalue weighted by atomic mass is 19.4. The van der Waals surface area contributed by atoms with Gasteiger partial charge in [0.15, 0.2) is 0 Å². The number of hydrogen-bond donors (Lipinski definition) is 3. The van der Waals surface area contributed by atoms with Crippen LogP contribution >= 0.6 is 0 Å². The Hall–Kier alpha value is -3.19. The summed E-state index contributed by atoms with van der Waals surface area (Å²) >= 11 is 0. The van der Waals surface area contributed by atoms with Gasteiger partial charge < -0.3 is 15.6 Å². The number of aromatic amines is 1. The first kappa shape index (κ1) is 19.1. The molecule has 150 valence electrons. The van der Waals surface area contributed by atoms with Crippen molar-refractivity contribution < 1.29 is 17.6 Å². The summed E-state index contributed by atoms with van der Waals surface area (Å²) < 4.78 is 54.3. The minimum Gasteiger partial charge on any atom is -0.360 e. The number of nitrogens with one attached hydrogen (secondary N) is 3. The van der Waals surface area contributed by atoms with Crippen LogP contribution in [0.4, 0.5) is 23.5 Å². The maximum Gasteiger partial charge on any atom is 0.419 e. The smallest absolute Gasteiger partial charge is 0.360 e. The summed E-state index contributed by atoms with van der Waals surface area (Å²) in [5.74, 6) is -0.00287. The van der Waals surface area contributed by atoms with Crippen molar-refractivity contribution in [3.05, 3.63) is 41.7 Å². The second-order valence-corrected chi connectivity index (χ2v) is 6.86. The lowest BCUT2D eigenvalue weighted by Gasteiger charge is -2.26. The Bertz CT molecular complexity index is 1080. The zero-order valence-electron chi connectivity index (χ0n) is 15.0. The van der Waals surface area contributed by atoms with Crippen molar-refractivity contribution in [1.29, 1.82) is 5.26 Å². The largest absolute Gasteiger partial charge is 0.419 e. The average Bonchev–Trinajstić information content (AvgIpc) is 3.10. The fourth-order valence-corrected chi connectivity index (χ4v) is 3.44. The lowest BCUT2D eigenvalue weighted by molar-refractivity contribution is -0.137. The van der Waals surface area contributed by atoms with Crippen molar-refractivity contribution >= 4 is 16.9 Å². The predicted octanol–water partition coefficient (Wildman–Crippen LogP) is 3.63. The molecular formula is C19H16F4N6. The Morgan fingerprint density at radius 2 is 2.07 bits per heavy atom. The molecule has 4 rings (SSSR count). The number of hydrogen-bond acceptors (Lipinski definition) is 5. The lowest BCUT2D eigenvalue weighted by Crippen LogP contribution is -2.44. The van der Waals surface area contributed by atoms with E-state index in [1.54, 1.807) is 12.1 Å². The third-order valence-corrected chi connectivity index (χ3v) is 4.79. The molecule has 0 unspecified atom stereocenters. The standard InChI is InChI=1S/C19H16F4N6/c20-11-4-12(7-25-6-11)28-18-27-9-15(19(21,22)23)17(29-18)14-8-26-16-3-10(5-24)1-2-13(14)16/h1-3,8-9,11-12,25-26H,4,6-7H2,(H,27,28,29)/t11-,12-/m0/s1. The summed E-state index contributed by atoms with van der Waals surface area (Å²) in [7, 11) is 0. The molecule has 2 atom stereocenters. The Balaban J connectivity index is 1.77. The molecule has 3 aromatic rings. The minimum absolute atomic E-state index is 0.00287. The van der Waals surface area contributed by atoms with Gasteiger partial charge in [-0.2, -0.15) is 18.4 Å². The lowest BCUT2D eigenvalue weighted by atomic mass is 10.0. The van der Waals surface area contributed by atoms with E-state index < -0.39 is 17.9 Å². The quantitative estimate of drug-likeness (QED) is 0.580. The van der Waals surface area contributed by atoms with E-state index in [4.69, 9.17) is 5.26 Å². The molecule has 29 heavy (non-hydrogen) atoms. The molecule has 0 radical (unpaired) electrons. The van der Waals surface area contributed by atoms with Crippen LogP contribution in [0.5, 0.6) is 0 Å². The minimum atomic E-state index is -4.65. The van der Waals surface area contributed by atoms with Gasteiger partial charge in [-0.15, -0.1) is 0 Å². The predicted molar refractivity (Wildman–Crippen MR) is 98.8 cm³/mol. The van der Waals surface area contributed by atoms with Crippen LogP contribution in [0.1, 0.15) is 17.5 Å². The zero-order chi connectivity index (χ0) is 20.6. The van der Waals surface area contributed by atoms with Crippen LogP contribution in [-0.4, -0.2) is 40.3 Å². The first-order chi connectivity index (χ1) is 13.8. The van der Waals surface area contributed by atoms with Gasteiger partial charge >= 0.3 is 6.18 Å². The normalized spacial score (nSPS) is 19.8. The van der Waals surface area contributed by atoms with E-state index in [-0.39, 0.29) is 36.2 Å². The molecule has 3 heterocycles. The number of H-pyrrole nitrogens is 1. The number of benzene rings is 1. The van der Waals surface area contributed by atoms with Crippen molar-refractivity contribution in [3.63, 3.8) is 0 Å². The van der Waals surface area contributed by atoms with Gasteiger partial charge in [-0.05, 0) is 12.1 Å². The van der Waals surface area contributed by atoms with Gasteiger partial charge in [0.25, 0.3) is 0 Å². The maximum atomic E-state index is 13.6. The molecule has 2 aromatic heterocycles. The first-order valence-corrected chi connectivity index (χ1v) is 8.92. The molecule has 1 aliphatic heterocycles. The molecule has 3 N–H and O–H groups in total. The summed E-state index contributed by atoms with van der Waals surface area (Å²) in [4.78, 5) is 10.8. The van der Waals surface area contributed by atoms with Gasteiger partial charge in [-0.3, -0.25) is 0 Å². The molecule has 0 amide bonds. The number of halogens is 4. The summed E-state index contributed by atoms with van der Waals surface area (Å²) in [6.45, 7) is 0.710. The van der Waals surface area contributed by atoms with E-state index in [2.05, 4.69) is 25.6 Å². The number of piperidine rings is 1. The van der Waals surface area contributed by atoms with Gasteiger partial charge in [0, 0.05) is 54.4 Å². The molecule has 1 aromatic carbocycles. The molecule has 10 heteroatoms. The third-order valence-electron chi connectivity index (χ3n) is 4.79. The van der Waals surface area contributed by atoms with E-state index in [0.29, 0.717) is 23.0 Å². The molecule has 0 aliphatic carbocycles. The molecule has 0 bridgehead atoms.